The van der Waals surface area contributed by atoms with Crippen molar-refractivity contribution >= 4 is 46.4 Å². The fourth-order valence-corrected chi connectivity index (χ4v) is 19.1. The van der Waals surface area contributed by atoms with Gasteiger partial charge in [0.25, 0.3) is 0 Å². The fraction of sp³-hybridized carbons (Fsp3) is 0.458. The van der Waals surface area contributed by atoms with Crippen molar-refractivity contribution in [1.82, 2.24) is 0 Å². The second-order valence-electron chi connectivity index (χ2n) is 34.7. The van der Waals surface area contributed by atoms with E-state index >= 15 is 0 Å². The fourth-order valence-electron chi connectivity index (χ4n) is 19.1. The summed E-state index contributed by atoms with van der Waals surface area (Å²) in [5.74, 6) is 2.91. The van der Waals surface area contributed by atoms with Crippen LogP contribution in [0.5, 0.6) is 23.0 Å². The molecule has 0 unspecified atom stereocenters. The Hall–Kier alpha value is -9.44. The summed E-state index contributed by atoms with van der Waals surface area (Å²) in [6.45, 7) is 26.5. The molecule has 4 heterocycles. The van der Waals surface area contributed by atoms with Crippen molar-refractivity contribution in [3.8, 4) is 23.0 Å². The minimum atomic E-state index is -0.377. The maximum atomic E-state index is 14.1. The lowest BCUT2D eigenvalue weighted by Gasteiger charge is -2.38. The van der Waals surface area contributed by atoms with E-state index in [1.54, 1.807) is 24.3 Å². The van der Waals surface area contributed by atoms with Crippen LogP contribution in [0.15, 0.2) is 146 Å². The summed E-state index contributed by atoms with van der Waals surface area (Å²) in [5, 5.41) is 11.1. The van der Waals surface area contributed by atoms with Crippen molar-refractivity contribution in [2.75, 3.05) is 47.7 Å². The molecule has 4 aliphatic carbocycles. The molecular formula is C96H112F4N4O8. The molecular weight excluding hydrogens is 1410 g/mol. The lowest BCUT2D eigenvalue weighted by molar-refractivity contribution is -0.122. The standard InChI is InChI=1S/4C24H28FNO2/c4*1-15-5-7-21(20(25)12-15)26-23(27)17(3)18-8-10-24(11-9-18)14-28-22-13-16(2)4-6-19(22)24/h4*4-7,12-13,17-18H,8-11,14H2,1-3H3,(H,26,27)/t4*17-,18?,24?/m1100/s1. The Kier molecular flexibility index (Phi) is 24.3. The monoisotopic (exact) mass is 1520 g/mol. The van der Waals surface area contributed by atoms with Crippen molar-refractivity contribution in [3.63, 3.8) is 0 Å². The number of hydrogen-bond donors (Lipinski definition) is 4. The van der Waals surface area contributed by atoms with E-state index in [9.17, 15) is 36.7 Å². The predicted molar refractivity (Wildman–Crippen MR) is 437 cm³/mol. The largest absolute Gasteiger partial charge is 0.492 e. The first-order chi connectivity index (χ1) is 53.5. The van der Waals surface area contributed by atoms with Gasteiger partial charge in [0.15, 0.2) is 0 Å². The summed E-state index contributed by atoms with van der Waals surface area (Å²) in [6, 6.07) is 45.6. The van der Waals surface area contributed by atoms with E-state index < -0.39 is 0 Å². The van der Waals surface area contributed by atoms with Gasteiger partial charge in [0.1, 0.15) is 46.3 Å². The second kappa shape index (κ2) is 33.7. The van der Waals surface area contributed by atoms with Gasteiger partial charge in [-0.2, -0.15) is 0 Å². The van der Waals surface area contributed by atoms with Crippen LogP contribution >= 0.6 is 0 Å². The molecule has 4 spiro atoms. The molecule has 8 aromatic carbocycles. The van der Waals surface area contributed by atoms with Crippen LogP contribution in [0.25, 0.3) is 0 Å². The molecule has 0 aromatic heterocycles. The number of nitrogens with one attached hydrogen (secondary N) is 4. The maximum Gasteiger partial charge on any atom is 0.227 e. The van der Waals surface area contributed by atoms with E-state index in [2.05, 4.69) is 122 Å². The smallest absolute Gasteiger partial charge is 0.227 e. The zero-order valence-corrected chi connectivity index (χ0v) is 67.4. The van der Waals surface area contributed by atoms with Crippen LogP contribution in [0.3, 0.4) is 0 Å². The van der Waals surface area contributed by atoms with Crippen LogP contribution in [-0.4, -0.2) is 50.1 Å². The molecule has 8 aliphatic rings. The first-order valence-corrected chi connectivity index (χ1v) is 40.8. The van der Waals surface area contributed by atoms with Crippen LogP contribution < -0.4 is 40.2 Å². The van der Waals surface area contributed by atoms with Crippen LogP contribution in [0.1, 0.15) is 197 Å². The highest BCUT2D eigenvalue weighted by Gasteiger charge is 2.49. The van der Waals surface area contributed by atoms with E-state index in [-0.39, 0.29) is 115 Å². The molecule has 4 amide bonds. The molecule has 0 bridgehead atoms. The molecule has 0 radical (unpaired) electrons. The van der Waals surface area contributed by atoms with Gasteiger partial charge in [-0.15, -0.1) is 0 Å². The molecule has 4 N–H and O–H groups in total. The first-order valence-electron chi connectivity index (χ1n) is 40.8. The number of anilines is 4. The number of hydrogen-bond acceptors (Lipinski definition) is 8. The lowest BCUT2D eigenvalue weighted by atomic mass is 9.65. The van der Waals surface area contributed by atoms with E-state index in [0.29, 0.717) is 23.7 Å². The quantitative estimate of drug-likeness (QED) is 0.0882. The molecule has 4 aliphatic heterocycles. The van der Waals surface area contributed by atoms with Crippen molar-refractivity contribution in [1.29, 1.82) is 0 Å². The SMILES string of the molecule is Cc1ccc(NC(=O)[C@@H](C)C2CCC3(CC2)COc2cc(C)ccc23)c(F)c1.Cc1ccc(NC(=O)[C@@H](C)C2CCC3(CC2)COc2cc(C)ccc23)c(F)c1.Cc1ccc(NC(=O)[C@H](C)C2CCC3(CC2)COc2cc(C)ccc23)c(F)c1.Cc1ccc(NC(=O)[C@H](C)C2CCC3(CC2)COc2cc(C)ccc23)c(F)c1. The first kappa shape index (κ1) is 80.6. The van der Waals surface area contributed by atoms with Crippen LogP contribution in [0.4, 0.5) is 40.3 Å². The number of ether oxygens (including phenoxy) is 4. The molecule has 8 aromatic rings. The number of halogens is 4. The summed E-state index contributed by atoms with van der Waals surface area (Å²) in [4.78, 5) is 50.8. The van der Waals surface area contributed by atoms with Gasteiger partial charge in [0.2, 0.25) is 23.6 Å². The average Bonchev–Trinajstić information content (AvgIpc) is 1.60. The third-order valence-electron chi connectivity index (χ3n) is 26.8. The van der Waals surface area contributed by atoms with Crippen LogP contribution in [-0.2, 0) is 40.8 Å². The third-order valence-corrected chi connectivity index (χ3v) is 26.8. The Bertz CT molecular complexity index is 4190. The van der Waals surface area contributed by atoms with E-state index in [1.807, 2.05) is 79.7 Å². The summed E-state index contributed by atoms with van der Waals surface area (Å²) < 4.78 is 80.2. The molecule has 112 heavy (non-hydrogen) atoms. The van der Waals surface area contributed by atoms with Gasteiger partial charge in [-0.05, 0) is 299 Å². The third kappa shape index (κ3) is 17.5. The summed E-state index contributed by atoms with van der Waals surface area (Å²) in [7, 11) is 0. The maximum absolute atomic E-state index is 14.1. The number of carbonyl (C=O) groups excluding carboxylic acids is 4. The predicted octanol–water partition coefficient (Wildman–Crippen LogP) is 22.2. The highest BCUT2D eigenvalue weighted by atomic mass is 19.1. The molecule has 592 valence electrons. The van der Waals surface area contributed by atoms with Gasteiger partial charge in [0, 0.05) is 67.6 Å². The van der Waals surface area contributed by atoms with Crippen LogP contribution in [0, 0.1) is 126 Å². The zero-order valence-electron chi connectivity index (χ0n) is 67.4. The Labute approximate surface area is 659 Å². The van der Waals surface area contributed by atoms with E-state index in [0.717, 1.165) is 174 Å². The number of fused-ring (bicyclic) bond motifs is 8. The Balaban J connectivity index is 0.000000131. The second-order valence-corrected chi connectivity index (χ2v) is 34.7. The summed E-state index contributed by atoms with van der Waals surface area (Å²) in [5.41, 5.74) is 15.0. The Morgan fingerprint density at radius 2 is 0.455 bits per heavy atom. The van der Waals surface area contributed by atoms with Gasteiger partial charge in [-0.25, -0.2) is 17.6 Å². The molecule has 0 saturated heterocycles. The van der Waals surface area contributed by atoms with Gasteiger partial charge < -0.3 is 40.2 Å². The van der Waals surface area contributed by atoms with Gasteiger partial charge in [0.05, 0.1) is 49.2 Å². The Morgan fingerprint density at radius 1 is 0.286 bits per heavy atom. The molecule has 4 atom stereocenters. The number of carbonyl (C=O) groups is 4. The molecule has 4 fully saturated rings. The highest BCUT2D eigenvalue weighted by molar-refractivity contribution is 5.94. The van der Waals surface area contributed by atoms with Crippen molar-refractivity contribution in [2.45, 2.75) is 207 Å². The average molecular weight is 1530 g/mol. The van der Waals surface area contributed by atoms with E-state index in [4.69, 9.17) is 18.9 Å². The number of aryl methyl sites for hydroxylation is 8. The van der Waals surface area contributed by atoms with Gasteiger partial charge >= 0.3 is 0 Å². The molecule has 16 rings (SSSR count). The number of amides is 4. The van der Waals surface area contributed by atoms with Crippen molar-refractivity contribution in [2.24, 2.45) is 47.3 Å². The van der Waals surface area contributed by atoms with E-state index in [1.165, 1.54) is 68.8 Å². The minimum Gasteiger partial charge on any atom is -0.492 e. The van der Waals surface area contributed by atoms with Gasteiger partial charge in [-0.3, -0.25) is 19.2 Å². The minimum absolute atomic E-state index is 0.0950. The van der Waals surface area contributed by atoms with Gasteiger partial charge in [-0.1, -0.05) is 100 Å². The summed E-state index contributed by atoms with van der Waals surface area (Å²) >= 11 is 0. The normalized spacial score (nSPS) is 24.5. The molecule has 4 saturated carbocycles. The number of rotatable bonds is 12. The Morgan fingerprint density at radius 3 is 0.634 bits per heavy atom. The number of benzene rings is 8. The molecule has 12 nitrogen and oxygen atoms in total. The van der Waals surface area contributed by atoms with Crippen LogP contribution in [0.2, 0.25) is 0 Å². The lowest BCUT2D eigenvalue weighted by Crippen LogP contribution is -2.37. The van der Waals surface area contributed by atoms with Crippen molar-refractivity contribution < 1.29 is 55.7 Å². The molecule has 16 heteroatoms. The van der Waals surface area contributed by atoms with Crippen molar-refractivity contribution in [3.05, 3.63) is 236 Å². The highest BCUT2D eigenvalue weighted by Crippen LogP contribution is 2.55. The topological polar surface area (TPSA) is 153 Å². The zero-order chi connectivity index (χ0) is 79.6. The summed E-state index contributed by atoms with van der Waals surface area (Å²) in [6.07, 6.45) is 16.2.